The number of hydrogen-bond acceptors (Lipinski definition) is 2. The van der Waals surface area contributed by atoms with Crippen molar-refractivity contribution >= 4 is 11.6 Å². The topological polar surface area (TPSA) is 6.48 Å². The Hall–Kier alpha value is -0.310. The molecule has 0 aromatic carbocycles. The molecule has 14 heavy (non-hydrogen) atoms. The summed E-state index contributed by atoms with van der Waals surface area (Å²) in [6.45, 7) is 5.85. The second-order valence-electron chi connectivity index (χ2n) is 4.19. The first-order chi connectivity index (χ1) is 6.74. The molecule has 2 rings (SSSR count). The van der Waals surface area contributed by atoms with E-state index < -0.39 is 0 Å². The maximum absolute atomic E-state index is 5.93. The highest BCUT2D eigenvalue weighted by molar-refractivity contribution is 6.30. The number of halogens is 1. The van der Waals surface area contributed by atoms with E-state index in [0.717, 1.165) is 18.0 Å². The zero-order valence-electron chi connectivity index (χ0n) is 8.67. The molecule has 0 aromatic rings. The van der Waals surface area contributed by atoms with Crippen molar-refractivity contribution in [1.29, 1.82) is 0 Å². The van der Waals surface area contributed by atoms with Crippen molar-refractivity contribution in [3.8, 4) is 0 Å². The Morgan fingerprint density at radius 3 is 2.50 bits per heavy atom. The molecule has 0 aromatic heterocycles. The summed E-state index contributed by atoms with van der Waals surface area (Å²) in [5.74, 6) is 0. The van der Waals surface area contributed by atoms with Gasteiger partial charge in [-0.15, -0.1) is 0 Å². The fourth-order valence-electron chi connectivity index (χ4n) is 1.94. The van der Waals surface area contributed by atoms with E-state index in [0.29, 0.717) is 0 Å². The van der Waals surface area contributed by atoms with Crippen molar-refractivity contribution in [2.75, 3.05) is 39.8 Å². The number of allylic oxidation sites excluding steroid dienone is 3. The summed E-state index contributed by atoms with van der Waals surface area (Å²) in [5, 5.41) is 0.981. The average molecular weight is 213 g/mol. The number of likely N-dealkylation sites (N-methyl/N-ethyl adjacent to an activating group) is 1. The van der Waals surface area contributed by atoms with Crippen LogP contribution in [0.3, 0.4) is 0 Å². The van der Waals surface area contributed by atoms with Crippen LogP contribution >= 0.6 is 11.6 Å². The van der Waals surface area contributed by atoms with Crippen LogP contribution in [0.4, 0.5) is 0 Å². The molecule has 1 fully saturated rings. The van der Waals surface area contributed by atoms with Crippen LogP contribution in [0.15, 0.2) is 22.8 Å². The highest BCUT2D eigenvalue weighted by Crippen LogP contribution is 2.22. The van der Waals surface area contributed by atoms with Gasteiger partial charge in [-0.1, -0.05) is 23.3 Å². The Balaban J connectivity index is 1.77. The molecule has 0 amide bonds. The quantitative estimate of drug-likeness (QED) is 0.688. The van der Waals surface area contributed by atoms with Crippen molar-refractivity contribution < 1.29 is 0 Å². The molecule has 0 atom stereocenters. The molecule has 2 aliphatic rings. The van der Waals surface area contributed by atoms with Gasteiger partial charge in [-0.2, -0.15) is 0 Å². The number of hydrogen-bond donors (Lipinski definition) is 0. The molecule has 0 spiro atoms. The molecule has 1 saturated heterocycles. The monoisotopic (exact) mass is 212 g/mol. The minimum absolute atomic E-state index is 0.966. The Kier molecular flexibility index (Phi) is 3.26. The van der Waals surface area contributed by atoms with Crippen LogP contribution in [0.5, 0.6) is 0 Å². The Labute approximate surface area is 90.8 Å². The normalized spacial score (nSPS) is 25.0. The van der Waals surface area contributed by atoms with Crippen LogP contribution in [0.1, 0.15) is 6.42 Å². The van der Waals surface area contributed by atoms with Gasteiger partial charge in [0, 0.05) is 44.2 Å². The van der Waals surface area contributed by atoms with Gasteiger partial charge in [-0.05, 0) is 13.1 Å². The Bertz CT molecular complexity index is 262. The molecule has 0 radical (unpaired) electrons. The predicted octanol–water partition coefficient (Wildman–Crippen LogP) is 1.69. The molecule has 0 unspecified atom stereocenters. The fourth-order valence-corrected chi connectivity index (χ4v) is 2.18. The highest BCUT2D eigenvalue weighted by Gasteiger charge is 2.16. The molecule has 0 saturated carbocycles. The van der Waals surface area contributed by atoms with Gasteiger partial charge in [-0.3, -0.25) is 4.90 Å². The predicted molar refractivity (Wildman–Crippen MR) is 60.6 cm³/mol. The Morgan fingerprint density at radius 2 is 1.93 bits per heavy atom. The molecular formula is C11H17ClN2. The molecule has 2 nitrogen and oxygen atoms in total. The van der Waals surface area contributed by atoms with Gasteiger partial charge in [-0.25, -0.2) is 0 Å². The Morgan fingerprint density at radius 1 is 1.21 bits per heavy atom. The summed E-state index contributed by atoms with van der Waals surface area (Å²) in [4.78, 5) is 4.89. The molecular weight excluding hydrogens is 196 g/mol. The number of rotatable bonds is 2. The van der Waals surface area contributed by atoms with Crippen molar-refractivity contribution in [3.05, 3.63) is 22.8 Å². The van der Waals surface area contributed by atoms with Gasteiger partial charge >= 0.3 is 0 Å². The second-order valence-corrected chi connectivity index (χ2v) is 4.68. The molecule has 1 aliphatic heterocycles. The van der Waals surface area contributed by atoms with Crippen LogP contribution in [0, 0.1) is 0 Å². The number of piperazine rings is 1. The third-order valence-electron chi connectivity index (χ3n) is 2.92. The van der Waals surface area contributed by atoms with E-state index in [1.807, 2.05) is 6.08 Å². The first-order valence-corrected chi connectivity index (χ1v) is 5.57. The van der Waals surface area contributed by atoms with E-state index in [9.17, 15) is 0 Å². The standard InChI is InChI=1S/C11H17ClN2/c1-13-4-6-14(7-5-13)9-10-2-3-11(12)8-10/h2-3H,4-9H2,1H3. The van der Waals surface area contributed by atoms with E-state index in [2.05, 4.69) is 22.9 Å². The lowest BCUT2D eigenvalue weighted by atomic mass is 10.2. The first kappa shape index (κ1) is 10.2. The maximum Gasteiger partial charge on any atom is 0.0222 e. The smallest absolute Gasteiger partial charge is 0.0222 e. The van der Waals surface area contributed by atoms with Gasteiger partial charge in [0.25, 0.3) is 0 Å². The summed E-state index contributed by atoms with van der Waals surface area (Å²) < 4.78 is 0. The summed E-state index contributed by atoms with van der Waals surface area (Å²) in [6, 6.07) is 0. The third kappa shape index (κ3) is 2.59. The molecule has 0 bridgehead atoms. The van der Waals surface area contributed by atoms with Crippen LogP contribution < -0.4 is 0 Å². The summed E-state index contributed by atoms with van der Waals surface area (Å²) >= 11 is 5.93. The molecule has 3 heteroatoms. The summed E-state index contributed by atoms with van der Waals surface area (Å²) in [7, 11) is 2.19. The third-order valence-corrected chi connectivity index (χ3v) is 3.18. The van der Waals surface area contributed by atoms with Crippen LogP contribution in [0.2, 0.25) is 0 Å². The molecule has 78 valence electrons. The van der Waals surface area contributed by atoms with Crippen molar-refractivity contribution in [2.24, 2.45) is 0 Å². The van der Waals surface area contributed by atoms with Gasteiger partial charge in [0.15, 0.2) is 0 Å². The lowest BCUT2D eigenvalue weighted by Crippen LogP contribution is -2.44. The highest BCUT2D eigenvalue weighted by atomic mass is 35.5. The second kappa shape index (κ2) is 4.47. The number of nitrogens with zero attached hydrogens (tertiary/aromatic N) is 2. The van der Waals surface area contributed by atoms with E-state index in [1.54, 1.807) is 0 Å². The van der Waals surface area contributed by atoms with Crippen LogP contribution in [-0.4, -0.2) is 49.6 Å². The average Bonchev–Trinajstić information content (AvgIpc) is 2.56. The summed E-state index contributed by atoms with van der Waals surface area (Å²) in [6.07, 6.45) is 5.15. The van der Waals surface area contributed by atoms with Gasteiger partial charge in [0.2, 0.25) is 0 Å². The van der Waals surface area contributed by atoms with Gasteiger partial charge in [0.05, 0.1) is 0 Å². The van der Waals surface area contributed by atoms with Gasteiger partial charge < -0.3 is 4.90 Å². The van der Waals surface area contributed by atoms with E-state index >= 15 is 0 Å². The van der Waals surface area contributed by atoms with Crippen LogP contribution in [0.25, 0.3) is 0 Å². The van der Waals surface area contributed by atoms with Crippen molar-refractivity contribution in [2.45, 2.75) is 6.42 Å². The van der Waals surface area contributed by atoms with E-state index in [-0.39, 0.29) is 0 Å². The van der Waals surface area contributed by atoms with Crippen molar-refractivity contribution in [3.63, 3.8) is 0 Å². The minimum Gasteiger partial charge on any atom is -0.304 e. The maximum atomic E-state index is 5.93. The van der Waals surface area contributed by atoms with Crippen molar-refractivity contribution in [1.82, 2.24) is 9.80 Å². The van der Waals surface area contributed by atoms with Gasteiger partial charge in [0.1, 0.15) is 0 Å². The minimum atomic E-state index is 0.966. The zero-order chi connectivity index (χ0) is 9.97. The first-order valence-electron chi connectivity index (χ1n) is 5.19. The molecule has 1 aliphatic carbocycles. The largest absolute Gasteiger partial charge is 0.304 e. The summed E-state index contributed by atoms with van der Waals surface area (Å²) in [5.41, 5.74) is 1.46. The lowest BCUT2D eigenvalue weighted by molar-refractivity contribution is 0.163. The van der Waals surface area contributed by atoms with Crippen LogP contribution in [-0.2, 0) is 0 Å². The zero-order valence-corrected chi connectivity index (χ0v) is 9.43. The fraction of sp³-hybridized carbons (Fsp3) is 0.636. The lowest BCUT2D eigenvalue weighted by Gasteiger charge is -2.32. The molecule has 0 N–H and O–H groups in total. The SMILES string of the molecule is CN1CCN(CC2=CC=C(Cl)C2)CC1. The van der Waals surface area contributed by atoms with E-state index in [1.165, 1.54) is 31.8 Å². The van der Waals surface area contributed by atoms with E-state index in [4.69, 9.17) is 11.6 Å². The molecule has 1 heterocycles.